The lowest BCUT2D eigenvalue weighted by Crippen LogP contribution is -2.08. The summed E-state index contributed by atoms with van der Waals surface area (Å²) in [6, 6.07) is 20.2. The number of fused-ring (bicyclic) bond motifs is 1. The van der Waals surface area contributed by atoms with Gasteiger partial charge in [-0.15, -0.1) is 11.3 Å². The second-order valence-electron chi connectivity index (χ2n) is 6.83. The Morgan fingerprint density at radius 2 is 1.70 bits per heavy atom. The zero-order valence-corrected chi connectivity index (χ0v) is 17.0. The van der Waals surface area contributed by atoms with Gasteiger partial charge in [0.25, 0.3) is 0 Å². The maximum atomic E-state index is 4.88. The van der Waals surface area contributed by atoms with E-state index in [1.165, 1.54) is 0 Å². The van der Waals surface area contributed by atoms with Crippen LogP contribution in [-0.4, -0.2) is 26.5 Å². The van der Waals surface area contributed by atoms with Gasteiger partial charge in [-0.25, -0.2) is 9.97 Å². The summed E-state index contributed by atoms with van der Waals surface area (Å²) in [4.78, 5) is 19.3. The van der Waals surface area contributed by atoms with Gasteiger partial charge in [-0.1, -0.05) is 36.4 Å². The molecule has 5 aromatic rings. The minimum absolute atomic E-state index is 0.678. The Kier molecular flexibility index (Phi) is 5.14. The summed E-state index contributed by atoms with van der Waals surface area (Å²) in [6.07, 6.45) is 6.20. The van der Waals surface area contributed by atoms with Crippen LogP contribution in [0.3, 0.4) is 0 Å². The van der Waals surface area contributed by atoms with Crippen LogP contribution in [0.2, 0.25) is 0 Å². The fraction of sp³-hybridized carbons (Fsp3) is 0.0833. The number of hydrogen-bond acceptors (Lipinski definition) is 6. The van der Waals surface area contributed by atoms with Crippen molar-refractivity contribution in [1.82, 2.24) is 19.9 Å². The molecule has 1 N–H and O–H groups in total. The predicted molar refractivity (Wildman–Crippen MR) is 123 cm³/mol. The first-order chi connectivity index (χ1) is 14.9. The standard InChI is InChI=1S/C24H19N5S/c1-2-7-17(8-3-1)20-16-30-24-21(20)23(27-14-11-19-10-4-5-13-26-19)28-22(29-24)18-9-6-12-25-15-18/h1-10,12-13,15-16H,11,14H2,(H,27,28,29). The lowest BCUT2D eigenvalue weighted by molar-refractivity contribution is 0.955. The molecule has 4 aromatic heterocycles. The van der Waals surface area contributed by atoms with Gasteiger partial charge in [-0.2, -0.15) is 0 Å². The van der Waals surface area contributed by atoms with Crippen LogP contribution in [0.1, 0.15) is 5.69 Å². The van der Waals surface area contributed by atoms with E-state index in [-0.39, 0.29) is 0 Å². The van der Waals surface area contributed by atoms with Crippen LogP contribution in [0.15, 0.2) is 84.6 Å². The molecular formula is C24H19N5S. The van der Waals surface area contributed by atoms with Crippen molar-refractivity contribution in [3.63, 3.8) is 0 Å². The third-order valence-corrected chi connectivity index (χ3v) is 5.71. The second-order valence-corrected chi connectivity index (χ2v) is 7.69. The van der Waals surface area contributed by atoms with Crippen LogP contribution in [0, 0.1) is 0 Å². The van der Waals surface area contributed by atoms with Crippen molar-refractivity contribution >= 4 is 27.4 Å². The Hall–Kier alpha value is -3.64. The van der Waals surface area contributed by atoms with Gasteiger partial charge in [0.15, 0.2) is 5.82 Å². The molecule has 0 saturated heterocycles. The molecule has 0 aliphatic rings. The SMILES string of the molecule is c1ccc(-c2csc3nc(-c4cccnc4)nc(NCCc4ccccn4)c23)cc1. The maximum Gasteiger partial charge on any atom is 0.164 e. The molecule has 0 atom stereocenters. The Labute approximate surface area is 178 Å². The zero-order valence-electron chi connectivity index (χ0n) is 16.2. The number of hydrogen-bond donors (Lipinski definition) is 1. The summed E-state index contributed by atoms with van der Waals surface area (Å²) in [5, 5.41) is 6.75. The second kappa shape index (κ2) is 8.39. The van der Waals surface area contributed by atoms with Gasteiger partial charge >= 0.3 is 0 Å². The van der Waals surface area contributed by atoms with E-state index in [0.717, 1.165) is 51.4 Å². The summed E-state index contributed by atoms with van der Waals surface area (Å²) in [5.74, 6) is 1.52. The normalized spacial score (nSPS) is 10.9. The topological polar surface area (TPSA) is 63.6 Å². The average Bonchev–Trinajstić information content (AvgIpc) is 3.25. The highest BCUT2D eigenvalue weighted by Gasteiger charge is 2.16. The molecule has 146 valence electrons. The molecule has 0 fully saturated rings. The van der Waals surface area contributed by atoms with E-state index in [9.17, 15) is 0 Å². The third kappa shape index (κ3) is 3.77. The number of thiophene rings is 1. The Morgan fingerprint density at radius 3 is 2.50 bits per heavy atom. The molecule has 0 aliphatic carbocycles. The van der Waals surface area contributed by atoms with Crippen molar-refractivity contribution in [3.05, 3.63) is 90.3 Å². The van der Waals surface area contributed by atoms with Gasteiger partial charge in [0.1, 0.15) is 10.6 Å². The fourth-order valence-corrected chi connectivity index (χ4v) is 4.33. The number of nitrogens with zero attached hydrogens (tertiary/aromatic N) is 4. The molecule has 5 rings (SSSR count). The molecule has 0 radical (unpaired) electrons. The maximum absolute atomic E-state index is 4.88. The minimum atomic E-state index is 0.678. The highest BCUT2D eigenvalue weighted by Crippen LogP contribution is 2.38. The molecule has 6 heteroatoms. The van der Waals surface area contributed by atoms with Crippen LogP contribution in [0.5, 0.6) is 0 Å². The van der Waals surface area contributed by atoms with Crippen LogP contribution >= 0.6 is 11.3 Å². The molecule has 1 aromatic carbocycles. The summed E-state index contributed by atoms with van der Waals surface area (Å²) in [5.41, 5.74) is 4.26. The van der Waals surface area contributed by atoms with Crippen molar-refractivity contribution in [2.75, 3.05) is 11.9 Å². The summed E-state index contributed by atoms with van der Waals surface area (Å²) < 4.78 is 0. The molecule has 0 unspecified atom stereocenters. The predicted octanol–water partition coefficient (Wildman–Crippen LogP) is 5.47. The fourth-order valence-electron chi connectivity index (χ4n) is 3.38. The van der Waals surface area contributed by atoms with Crippen LogP contribution < -0.4 is 5.32 Å². The van der Waals surface area contributed by atoms with E-state index in [4.69, 9.17) is 9.97 Å². The Bertz CT molecular complexity index is 1250. The highest BCUT2D eigenvalue weighted by molar-refractivity contribution is 7.17. The van der Waals surface area contributed by atoms with E-state index < -0.39 is 0 Å². The van der Waals surface area contributed by atoms with Crippen molar-refractivity contribution in [2.45, 2.75) is 6.42 Å². The number of benzene rings is 1. The van der Waals surface area contributed by atoms with Gasteiger partial charge in [-0.3, -0.25) is 9.97 Å². The zero-order chi connectivity index (χ0) is 20.2. The molecule has 0 bridgehead atoms. The van der Waals surface area contributed by atoms with Crippen LogP contribution in [-0.2, 0) is 6.42 Å². The lowest BCUT2D eigenvalue weighted by Gasteiger charge is -2.11. The monoisotopic (exact) mass is 409 g/mol. The van der Waals surface area contributed by atoms with Crippen molar-refractivity contribution in [2.24, 2.45) is 0 Å². The first kappa shape index (κ1) is 18.4. The minimum Gasteiger partial charge on any atom is -0.369 e. The third-order valence-electron chi connectivity index (χ3n) is 4.84. The highest BCUT2D eigenvalue weighted by atomic mass is 32.1. The average molecular weight is 410 g/mol. The first-order valence-electron chi connectivity index (χ1n) is 9.77. The molecule has 30 heavy (non-hydrogen) atoms. The Morgan fingerprint density at radius 1 is 0.833 bits per heavy atom. The molecule has 4 heterocycles. The van der Waals surface area contributed by atoms with Gasteiger partial charge in [-0.05, 0) is 29.8 Å². The first-order valence-corrected chi connectivity index (χ1v) is 10.7. The molecule has 0 aliphatic heterocycles. The number of anilines is 1. The Balaban J connectivity index is 1.56. The van der Waals surface area contributed by atoms with Crippen molar-refractivity contribution < 1.29 is 0 Å². The summed E-state index contributed by atoms with van der Waals surface area (Å²) in [7, 11) is 0. The molecular weight excluding hydrogens is 390 g/mol. The van der Waals surface area contributed by atoms with Crippen molar-refractivity contribution in [3.8, 4) is 22.5 Å². The molecule has 0 saturated carbocycles. The molecule has 5 nitrogen and oxygen atoms in total. The molecule has 0 amide bonds. The van der Waals surface area contributed by atoms with Gasteiger partial charge < -0.3 is 5.32 Å². The van der Waals surface area contributed by atoms with E-state index >= 15 is 0 Å². The van der Waals surface area contributed by atoms with E-state index in [2.05, 4.69) is 44.9 Å². The van der Waals surface area contributed by atoms with E-state index in [1.54, 1.807) is 23.7 Å². The number of aromatic nitrogens is 4. The number of pyridine rings is 2. The smallest absolute Gasteiger partial charge is 0.164 e. The number of nitrogens with one attached hydrogen (secondary N) is 1. The summed E-state index contributed by atoms with van der Waals surface area (Å²) >= 11 is 1.64. The quantitative estimate of drug-likeness (QED) is 0.403. The van der Waals surface area contributed by atoms with Gasteiger partial charge in [0, 0.05) is 53.8 Å². The summed E-state index contributed by atoms with van der Waals surface area (Å²) in [6.45, 7) is 0.736. The van der Waals surface area contributed by atoms with Crippen LogP contribution in [0.25, 0.3) is 32.7 Å². The van der Waals surface area contributed by atoms with Gasteiger partial charge in [0.05, 0.1) is 5.39 Å². The number of rotatable bonds is 6. The van der Waals surface area contributed by atoms with Gasteiger partial charge in [0.2, 0.25) is 0 Å². The molecule has 0 spiro atoms. The van der Waals surface area contributed by atoms with Crippen molar-refractivity contribution in [1.29, 1.82) is 0 Å². The lowest BCUT2D eigenvalue weighted by atomic mass is 10.1. The van der Waals surface area contributed by atoms with E-state index in [1.807, 2.05) is 42.6 Å². The van der Waals surface area contributed by atoms with Crippen LogP contribution in [0.4, 0.5) is 5.82 Å². The largest absolute Gasteiger partial charge is 0.369 e. The van der Waals surface area contributed by atoms with E-state index in [0.29, 0.717) is 5.82 Å².